The zero-order chi connectivity index (χ0) is 20.8. The van der Waals surface area contributed by atoms with Crippen molar-refractivity contribution in [3.8, 4) is 5.75 Å². The summed E-state index contributed by atoms with van der Waals surface area (Å²) in [5.74, 6) is 0.397. The SMILES string of the molecule is Fc1ccc(OCC2=CN(CCN3CCOCC3)NC2Cc2ccc(Cl)cc2)cc1. The number of hydrogen-bond acceptors (Lipinski definition) is 5. The number of ether oxygens (including phenoxy) is 2. The van der Waals surface area contributed by atoms with Crippen molar-refractivity contribution in [2.45, 2.75) is 12.5 Å². The van der Waals surface area contributed by atoms with Gasteiger partial charge in [0.05, 0.1) is 19.3 Å². The van der Waals surface area contributed by atoms with E-state index < -0.39 is 0 Å². The van der Waals surface area contributed by atoms with Crippen molar-refractivity contribution >= 4 is 11.6 Å². The minimum Gasteiger partial charge on any atom is -0.489 e. The van der Waals surface area contributed by atoms with Gasteiger partial charge in [0, 0.05) is 43.0 Å². The largest absolute Gasteiger partial charge is 0.489 e. The van der Waals surface area contributed by atoms with E-state index in [4.69, 9.17) is 21.1 Å². The highest BCUT2D eigenvalue weighted by atomic mass is 35.5. The van der Waals surface area contributed by atoms with Crippen LogP contribution in [0.2, 0.25) is 5.02 Å². The number of rotatable bonds is 8. The smallest absolute Gasteiger partial charge is 0.123 e. The molecule has 1 atom stereocenters. The first-order valence-electron chi connectivity index (χ1n) is 10.3. The van der Waals surface area contributed by atoms with E-state index in [1.54, 1.807) is 12.1 Å². The van der Waals surface area contributed by atoms with Gasteiger partial charge in [-0.05, 0) is 48.4 Å². The van der Waals surface area contributed by atoms with Gasteiger partial charge < -0.3 is 14.5 Å². The van der Waals surface area contributed by atoms with Gasteiger partial charge in [0.1, 0.15) is 18.2 Å². The molecule has 1 unspecified atom stereocenters. The normalized spacial score (nSPS) is 19.7. The molecule has 30 heavy (non-hydrogen) atoms. The summed E-state index contributed by atoms with van der Waals surface area (Å²) in [7, 11) is 0. The number of morpholine rings is 1. The fourth-order valence-corrected chi connectivity index (χ4v) is 3.81. The van der Waals surface area contributed by atoms with E-state index >= 15 is 0 Å². The summed E-state index contributed by atoms with van der Waals surface area (Å²) in [6.07, 6.45) is 2.98. The highest BCUT2D eigenvalue weighted by Crippen LogP contribution is 2.21. The molecule has 160 valence electrons. The lowest BCUT2D eigenvalue weighted by Crippen LogP contribution is -2.44. The first-order valence-corrected chi connectivity index (χ1v) is 10.7. The lowest BCUT2D eigenvalue weighted by atomic mass is 10.0. The second kappa shape index (κ2) is 10.3. The minimum atomic E-state index is -0.265. The molecule has 0 aromatic heterocycles. The molecular formula is C23H27ClFN3O2. The Kier molecular flexibility index (Phi) is 7.23. The van der Waals surface area contributed by atoms with E-state index in [9.17, 15) is 4.39 Å². The van der Waals surface area contributed by atoms with Gasteiger partial charge in [-0.1, -0.05) is 23.7 Å². The lowest BCUT2D eigenvalue weighted by molar-refractivity contribution is 0.0336. The van der Waals surface area contributed by atoms with Crippen molar-refractivity contribution in [2.24, 2.45) is 0 Å². The first-order chi connectivity index (χ1) is 14.7. The highest BCUT2D eigenvalue weighted by molar-refractivity contribution is 6.30. The van der Waals surface area contributed by atoms with Crippen LogP contribution in [0.25, 0.3) is 0 Å². The molecule has 0 saturated carbocycles. The molecule has 2 aliphatic heterocycles. The molecule has 7 heteroatoms. The minimum absolute atomic E-state index is 0.135. The average Bonchev–Trinajstić information content (AvgIpc) is 3.16. The van der Waals surface area contributed by atoms with E-state index in [-0.39, 0.29) is 11.9 Å². The molecule has 2 aromatic carbocycles. The van der Waals surface area contributed by atoms with E-state index in [1.807, 2.05) is 12.1 Å². The summed E-state index contributed by atoms with van der Waals surface area (Å²) in [6, 6.07) is 14.2. The quantitative estimate of drug-likeness (QED) is 0.692. The summed E-state index contributed by atoms with van der Waals surface area (Å²) < 4.78 is 24.5. The molecule has 0 aliphatic carbocycles. The molecule has 0 radical (unpaired) electrons. The van der Waals surface area contributed by atoms with E-state index in [0.29, 0.717) is 12.4 Å². The van der Waals surface area contributed by atoms with Crippen LogP contribution in [0.1, 0.15) is 5.56 Å². The third kappa shape index (κ3) is 5.95. The van der Waals surface area contributed by atoms with Gasteiger partial charge in [-0.2, -0.15) is 0 Å². The number of benzene rings is 2. The fraction of sp³-hybridized carbons (Fsp3) is 0.391. The van der Waals surface area contributed by atoms with Gasteiger partial charge in [-0.3, -0.25) is 4.90 Å². The molecule has 2 aliphatic rings. The third-order valence-electron chi connectivity index (χ3n) is 5.42. The topological polar surface area (TPSA) is 37.0 Å². The summed E-state index contributed by atoms with van der Waals surface area (Å²) >= 11 is 6.03. The Labute approximate surface area is 182 Å². The van der Waals surface area contributed by atoms with Crippen molar-refractivity contribution in [3.63, 3.8) is 0 Å². The average molecular weight is 432 g/mol. The summed E-state index contributed by atoms with van der Waals surface area (Å²) in [4.78, 5) is 2.42. The molecule has 4 rings (SSSR count). The summed E-state index contributed by atoms with van der Waals surface area (Å²) in [6.45, 7) is 5.88. The van der Waals surface area contributed by atoms with Crippen molar-refractivity contribution < 1.29 is 13.9 Å². The number of hydrogen-bond donors (Lipinski definition) is 1. The summed E-state index contributed by atoms with van der Waals surface area (Å²) in [5, 5.41) is 2.89. The molecule has 1 N–H and O–H groups in total. The number of nitrogens with zero attached hydrogens (tertiary/aromatic N) is 2. The predicted octanol–water partition coefficient (Wildman–Crippen LogP) is 3.51. The Balaban J connectivity index is 1.39. The zero-order valence-corrected chi connectivity index (χ0v) is 17.7. The van der Waals surface area contributed by atoms with Crippen molar-refractivity contribution in [1.29, 1.82) is 0 Å². The third-order valence-corrected chi connectivity index (χ3v) is 5.68. The second-order valence-electron chi connectivity index (χ2n) is 7.61. The van der Waals surface area contributed by atoms with Gasteiger partial charge in [0.2, 0.25) is 0 Å². The molecule has 0 spiro atoms. The predicted molar refractivity (Wildman–Crippen MR) is 116 cm³/mol. The molecule has 5 nitrogen and oxygen atoms in total. The van der Waals surface area contributed by atoms with Crippen molar-refractivity contribution in [3.05, 3.63) is 76.7 Å². The van der Waals surface area contributed by atoms with Crippen LogP contribution in [0.5, 0.6) is 5.75 Å². The zero-order valence-electron chi connectivity index (χ0n) is 16.9. The van der Waals surface area contributed by atoms with Gasteiger partial charge in [-0.25, -0.2) is 9.82 Å². The molecule has 2 aromatic rings. The van der Waals surface area contributed by atoms with Gasteiger partial charge >= 0.3 is 0 Å². The Morgan fingerprint density at radius 3 is 2.50 bits per heavy atom. The molecule has 0 amide bonds. The van der Waals surface area contributed by atoms with Crippen LogP contribution >= 0.6 is 11.6 Å². The van der Waals surface area contributed by atoms with Crippen LogP contribution < -0.4 is 10.2 Å². The number of hydrazine groups is 1. The van der Waals surface area contributed by atoms with Gasteiger partial charge in [-0.15, -0.1) is 0 Å². The van der Waals surface area contributed by atoms with Gasteiger partial charge in [0.25, 0.3) is 0 Å². The number of halogens is 2. The Hall–Kier alpha value is -2.12. The van der Waals surface area contributed by atoms with Crippen LogP contribution in [0, 0.1) is 5.82 Å². The Bertz CT molecular complexity index is 839. The van der Waals surface area contributed by atoms with Crippen LogP contribution in [0.15, 0.2) is 60.3 Å². The fourth-order valence-electron chi connectivity index (χ4n) is 3.68. The van der Waals surface area contributed by atoms with Crippen LogP contribution in [-0.2, 0) is 11.2 Å². The molecule has 0 bridgehead atoms. The van der Waals surface area contributed by atoms with Crippen LogP contribution in [0.4, 0.5) is 4.39 Å². The van der Waals surface area contributed by atoms with Crippen LogP contribution in [0.3, 0.4) is 0 Å². The first kappa shape index (κ1) is 21.1. The van der Waals surface area contributed by atoms with Crippen LogP contribution in [-0.4, -0.2) is 62.0 Å². The van der Waals surface area contributed by atoms with Crippen molar-refractivity contribution in [1.82, 2.24) is 15.3 Å². The maximum atomic E-state index is 13.1. The molecule has 1 fully saturated rings. The van der Waals surface area contributed by atoms with E-state index in [0.717, 1.165) is 56.4 Å². The highest BCUT2D eigenvalue weighted by Gasteiger charge is 2.25. The Morgan fingerprint density at radius 2 is 1.77 bits per heavy atom. The van der Waals surface area contributed by atoms with Crippen molar-refractivity contribution in [2.75, 3.05) is 46.0 Å². The molecule has 1 saturated heterocycles. The lowest BCUT2D eigenvalue weighted by Gasteiger charge is -2.29. The van der Waals surface area contributed by atoms with Gasteiger partial charge in [0.15, 0.2) is 0 Å². The number of nitrogens with one attached hydrogen (secondary N) is 1. The maximum Gasteiger partial charge on any atom is 0.123 e. The second-order valence-corrected chi connectivity index (χ2v) is 8.04. The van der Waals surface area contributed by atoms with E-state index in [1.165, 1.54) is 17.7 Å². The summed E-state index contributed by atoms with van der Waals surface area (Å²) in [5.41, 5.74) is 5.97. The molecule has 2 heterocycles. The maximum absolute atomic E-state index is 13.1. The molecular weight excluding hydrogens is 405 g/mol. The monoisotopic (exact) mass is 431 g/mol. The Morgan fingerprint density at radius 1 is 1.03 bits per heavy atom. The van der Waals surface area contributed by atoms with E-state index in [2.05, 4.69) is 33.7 Å². The standard InChI is InChI=1S/C23H27ClFN3O2/c24-20-3-1-18(2-4-20)15-23-19(17-30-22-7-5-21(25)6-8-22)16-28(26-23)10-9-27-11-13-29-14-12-27/h1-8,16,23,26H,9-15,17H2.